The second-order valence-corrected chi connectivity index (χ2v) is 7.69. The molecule has 3 heteroatoms. The largest absolute Gasteiger partial charge is 0.466 e. The van der Waals surface area contributed by atoms with E-state index in [4.69, 9.17) is 4.74 Å². The summed E-state index contributed by atoms with van der Waals surface area (Å²) in [6.45, 7) is 7.38. The minimum atomic E-state index is -0.339. The molecular weight excluding hydrogens is 334 g/mol. The molecule has 1 aliphatic heterocycles. The first-order valence-electron chi connectivity index (χ1n) is 10.1. The van der Waals surface area contributed by atoms with Gasteiger partial charge in [0.1, 0.15) is 0 Å². The molecule has 1 fully saturated rings. The van der Waals surface area contributed by atoms with Gasteiger partial charge in [0.2, 0.25) is 0 Å². The number of hydrogen-bond donors (Lipinski definition) is 0. The van der Waals surface area contributed by atoms with Gasteiger partial charge in [0, 0.05) is 6.54 Å². The Hall–Kier alpha value is -2.13. The lowest BCUT2D eigenvalue weighted by Crippen LogP contribution is -2.45. The highest BCUT2D eigenvalue weighted by Crippen LogP contribution is 2.38. The van der Waals surface area contributed by atoms with E-state index >= 15 is 0 Å². The number of rotatable bonds is 7. The Labute approximate surface area is 163 Å². The van der Waals surface area contributed by atoms with Crippen molar-refractivity contribution in [1.29, 1.82) is 0 Å². The van der Waals surface area contributed by atoms with Gasteiger partial charge in [-0.2, -0.15) is 0 Å². The minimum Gasteiger partial charge on any atom is -0.466 e. The van der Waals surface area contributed by atoms with Crippen molar-refractivity contribution in [2.45, 2.75) is 46.1 Å². The molecule has 1 saturated heterocycles. The molecule has 2 aromatic rings. The molecule has 3 rings (SSSR count). The molecule has 144 valence electrons. The molecule has 0 unspecified atom stereocenters. The van der Waals surface area contributed by atoms with Gasteiger partial charge in [0.25, 0.3) is 0 Å². The maximum atomic E-state index is 12.8. The van der Waals surface area contributed by atoms with E-state index in [0.29, 0.717) is 6.61 Å². The van der Waals surface area contributed by atoms with Crippen molar-refractivity contribution >= 4 is 5.97 Å². The fourth-order valence-electron chi connectivity index (χ4n) is 4.04. The summed E-state index contributed by atoms with van der Waals surface area (Å²) >= 11 is 0. The smallest absolute Gasteiger partial charge is 0.312 e. The van der Waals surface area contributed by atoms with Crippen LogP contribution >= 0.6 is 0 Å². The van der Waals surface area contributed by atoms with Gasteiger partial charge in [-0.05, 0) is 69.3 Å². The van der Waals surface area contributed by atoms with Crippen LogP contribution in [0.4, 0.5) is 0 Å². The Morgan fingerprint density at radius 3 is 2.37 bits per heavy atom. The van der Waals surface area contributed by atoms with Crippen molar-refractivity contribution in [3.63, 3.8) is 0 Å². The number of piperidine rings is 1. The number of hydrogen-bond acceptors (Lipinski definition) is 3. The van der Waals surface area contributed by atoms with Gasteiger partial charge >= 0.3 is 5.97 Å². The molecule has 0 saturated carbocycles. The average molecular weight is 366 g/mol. The van der Waals surface area contributed by atoms with E-state index in [0.717, 1.165) is 45.3 Å². The predicted octanol–water partition coefficient (Wildman–Crippen LogP) is 4.77. The van der Waals surface area contributed by atoms with E-state index in [1.807, 2.05) is 13.0 Å². The maximum absolute atomic E-state index is 12.8. The first-order chi connectivity index (χ1) is 13.1. The number of aryl methyl sites for hydroxylation is 2. The molecule has 0 aliphatic carbocycles. The summed E-state index contributed by atoms with van der Waals surface area (Å²) in [7, 11) is 0. The zero-order valence-corrected chi connectivity index (χ0v) is 16.6. The topological polar surface area (TPSA) is 29.5 Å². The summed E-state index contributed by atoms with van der Waals surface area (Å²) in [6.07, 6.45) is 3.56. The Bertz CT molecular complexity index is 733. The van der Waals surface area contributed by atoms with Crippen LogP contribution in [-0.2, 0) is 22.5 Å². The van der Waals surface area contributed by atoms with E-state index in [9.17, 15) is 4.79 Å². The summed E-state index contributed by atoms with van der Waals surface area (Å²) < 4.78 is 5.49. The lowest BCUT2D eigenvalue weighted by molar-refractivity contribution is -0.159. The van der Waals surface area contributed by atoms with Crippen molar-refractivity contribution in [3.05, 3.63) is 71.3 Å². The maximum Gasteiger partial charge on any atom is 0.312 e. The first kappa shape index (κ1) is 19.6. The average Bonchev–Trinajstić information content (AvgIpc) is 2.70. The molecule has 0 bridgehead atoms. The van der Waals surface area contributed by atoms with Crippen LogP contribution in [-0.4, -0.2) is 30.6 Å². The number of esters is 1. The van der Waals surface area contributed by atoms with Gasteiger partial charge < -0.3 is 4.74 Å². The number of ether oxygens (including phenoxy) is 1. The highest BCUT2D eigenvalue weighted by Gasteiger charge is 2.42. The van der Waals surface area contributed by atoms with Crippen LogP contribution in [0.15, 0.2) is 54.6 Å². The first-order valence-corrected chi connectivity index (χ1v) is 10.1. The van der Waals surface area contributed by atoms with E-state index in [2.05, 4.69) is 60.4 Å². The SMILES string of the molecule is CCOC(=O)C1(CCc2ccccc2)CCN(Cc2ccccc2C)CC1. The zero-order chi connectivity index (χ0) is 19.1. The van der Waals surface area contributed by atoms with Crippen molar-refractivity contribution in [3.8, 4) is 0 Å². The molecular formula is C24H31NO2. The molecule has 27 heavy (non-hydrogen) atoms. The van der Waals surface area contributed by atoms with Gasteiger partial charge in [-0.1, -0.05) is 54.6 Å². The van der Waals surface area contributed by atoms with Crippen molar-refractivity contribution in [2.75, 3.05) is 19.7 Å². The standard InChI is InChI=1S/C24H31NO2/c1-3-27-23(26)24(14-13-21-10-5-4-6-11-21)15-17-25(18-16-24)19-22-12-8-7-9-20(22)2/h4-12H,3,13-19H2,1-2H3. The van der Waals surface area contributed by atoms with Crippen molar-refractivity contribution in [1.82, 2.24) is 4.90 Å². The summed E-state index contributed by atoms with van der Waals surface area (Å²) in [5, 5.41) is 0. The Morgan fingerprint density at radius 1 is 1.04 bits per heavy atom. The Morgan fingerprint density at radius 2 is 1.70 bits per heavy atom. The van der Waals surface area contributed by atoms with Gasteiger partial charge in [0.05, 0.1) is 12.0 Å². The van der Waals surface area contributed by atoms with E-state index in [1.54, 1.807) is 0 Å². The van der Waals surface area contributed by atoms with Crippen molar-refractivity contribution < 1.29 is 9.53 Å². The molecule has 0 aromatic heterocycles. The predicted molar refractivity (Wildman–Crippen MR) is 110 cm³/mol. The van der Waals surface area contributed by atoms with Gasteiger partial charge in [-0.15, -0.1) is 0 Å². The van der Waals surface area contributed by atoms with Gasteiger partial charge in [0.15, 0.2) is 0 Å². The fraction of sp³-hybridized carbons (Fsp3) is 0.458. The molecule has 0 atom stereocenters. The Balaban J connectivity index is 1.65. The van der Waals surface area contributed by atoms with Crippen LogP contribution in [0.5, 0.6) is 0 Å². The number of nitrogens with zero attached hydrogens (tertiary/aromatic N) is 1. The van der Waals surface area contributed by atoms with Gasteiger partial charge in [-0.25, -0.2) is 0 Å². The van der Waals surface area contributed by atoms with Crippen LogP contribution < -0.4 is 0 Å². The van der Waals surface area contributed by atoms with E-state index in [-0.39, 0.29) is 11.4 Å². The van der Waals surface area contributed by atoms with Crippen LogP contribution in [0.25, 0.3) is 0 Å². The van der Waals surface area contributed by atoms with Crippen LogP contribution in [0.2, 0.25) is 0 Å². The summed E-state index contributed by atoms with van der Waals surface area (Å²) in [4.78, 5) is 15.3. The number of likely N-dealkylation sites (tertiary alicyclic amines) is 1. The zero-order valence-electron chi connectivity index (χ0n) is 16.6. The monoisotopic (exact) mass is 365 g/mol. The molecule has 2 aromatic carbocycles. The molecule has 0 radical (unpaired) electrons. The van der Waals surface area contributed by atoms with Crippen LogP contribution in [0, 0.1) is 12.3 Å². The third-order valence-electron chi connectivity index (χ3n) is 5.91. The molecule has 1 aliphatic rings. The quantitative estimate of drug-likeness (QED) is 0.662. The van der Waals surface area contributed by atoms with Crippen LogP contribution in [0.1, 0.15) is 42.9 Å². The minimum absolute atomic E-state index is 0.00327. The second-order valence-electron chi connectivity index (χ2n) is 7.69. The molecule has 0 spiro atoms. The second kappa shape index (κ2) is 9.18. The molecule has 0 N–H and O–H groups in total. The molecule has 3 nitrogen and oxygen atoms in total. The highest BCUT2D eigenvalue weighted by molar-refractivity contribution is 5.77. The van der Waals surface area contributed by atoms with Crippen LogP contribution in [0.3, 0.4) is 0 Å². The van der Waals surface area contributed by atoms with Crippen molar-refractivity contribution in [2.24, 2.45) is 5.41 Å². The summed E-state index contributed by atoms with van der Waals surface area (Å²) in [6, 6.07) is 19.0. The van der Waals surface area contributed by atoms with E-state index in [1.165, 1.54) is 16.7 Å². The van der Waals surface area contributed by atoms with E-state index < -0.39 is 0 Å². The summed E-state index contributed by atoms with van der Waals surface area (Å²) in [5.74, 6) is -0.00327. The third-order valence-corrected chi connectivity index (χ3v) is 5.91. The fourth-order valence-corrected chi connectivity index (χ4v) is 4.04. The lowest BCUT2D eigenvalue weighted by atomic mass is 9.74. The Kier molecular flexibility index (Phi) is 6.68. The normalized spacial score (nSPS) is 16.8. The molecule has 0 amide bonds. The number of carbonyl (C=O) groups is 1. The lowest BCUT2D eigenvalue weighted by Gasteiger charge is -2.40. The third kappa shape index (κ3) is 4.98. The van der Waals surface area contributed by atoms with Gasteiger partial charge in [-0.3, -0.25) is 9.69 Å². The number of carbonyl (C=O) groups excluding carboxylic acids is 1. The molecule has 1 heterocycles. The number of benzene rings is 2. The highest BCUT2D eigenvalue weighted by atomic mass is 16.5. The summed E-state index contributed by atoms with van der Waals surface area (Å²) in [5.41, 5.74) is 3.67.